The van der Waals surface area contributed by atoms with Crippen LogP contribution in [0.15, 0.2) is 0 Å². The Morgan fingerprint density at radius 2 is 1.88 bits per heavy atom. The maximum Gasteiger partial charge on any atom is 0.328 e. The molecule has 0 radical (unpaired) electrons. The number of carboxylic acid groups (broad SMARTS) is 1. The van der Waals surface area contributed by atoms with Crippen molar-refractivity contribution in [2.45, 2.75) is 38.6 Å². The van der Waals surface area contributed by atoms with Crippen LogP contribution in [-0.4, -0.2) is 41.2 Å². The summed E-state index contributed by atoms with van der Waals surface area (Å²) >= 11 is 1.81. The molecule has 0 heterocycles. The second-order valence-corrected chi connectivity index (χ2v) is 5.35. The number of urea groups is 1. The third kappa shape index (κ3) is 7.90. The van der Waals surface area contributed by atoms with Crippen molar-refractivity contribution in [1.82, 2.24) is 10.6 Å². The minimum absolute atomic E-state index is 0.428. The van der Waals surface area contributed by atoms with E-state index in [4.69, 9.17) is 5.11 Å². The van der Waals surface area contributed by atoms with Gasteiger partial charge in [-0.2, -0.15) is 11.8 Å². The van der Waals surface area contributed by atoms with Crippen LogP contribution in [0.2, 0.25) is 0 Å². The van der Waals surface area contributed by atoms with E-state index in [1.54, 1.807) is 0 Å². The predicted octanol–water partition coefficient (Wildman–Crippen LogP) is 1.68. The van der Waals surface area contributed by atoms with Crippen LogP contribution in [0.5, 0.6) is 0 Å². The lowest BCUT2D eigenvalue weighted by atomic mass is 10.1. The largest absolute Gasteiger partial charge is 0.480 e. The van der Waals surface area contributed by atoms with E-state index < -0.39 is 17.5 Å². The maximum absolute atomic E-state index is 11.4. The Hall–Kier alpha value is -0.910. The topological polar surface area (TPSA) is 78.4 Å². The molecule has 0 atom stereocenters. The number of nitrogens with one attached hydrogen (secondary N) is 2. The van der Waals surface area contributed by atoms with Crippen LogP contribution in [0, 0.1) is 0 Å². The normalized spacial score (nSPS) is 11.0. The molecule has 0 spiro atoms. The summed E-state index contributed by atoms with van der Waals surface area (Å²) in [6, 6.07) is -0.428. The average molecular weight is 262 g/mol. The third-order valence-electron chi connectivity index (χ3n) is 2.27. The quantitative estimate of drug-likeness (QED) is 0.582. The van der Waals surface area contributed by atoms with Gasteiger partial charge in [0, 0.05) is 6.54 Å². The Morgan fingerprint density at radius 1 is 1.24 bits per heavy atom. The summed E-state index contributed by atoms with van der Waals surface area (Å²) in [5, 5.41) is 13.9. The molecule has 6 heteroatoms. The van der Waals surface area contributed by atoms with Crippen molar-refractivity contribution < 1.29 is 14.7 Å². The molecule has 0 saturated carbocycles. The van der Waals surface area contributed by atoms with Crippen molar-refractivity contribution in [2.24, 2.45) is 0 Å². The molecule has 17 heavy (non-hydrogen) atoms. The molecule has 3 N–H and O–H groups in total. The molecular weight excluding hydrogens is 240 g/mol. The second kappa shape index (κ2) is 8.22. The van der Waals surface area contributed by atoms with E-state index in [0.29, 0.717) is 6.54 Å². The summed E-state index contributed by atoms with van der Waals surface area (Å²) < 4.78 is 0. The van der Waals surface area contributed by atoms with E-state index in [9.17, 15) is 9.59 Å². The second-order valence-electron chi connectivity index (χ2n) is 4.36. The van der Waals surface area contributed by atoms with Crippen LogP contribution in [0.4, 0.5) is 4.79 Å². The van der Waals surface area contributed by atoms with Gasteiger partial charge < -0.3 is 15.7 Å². The van der Waals surface area contributed by atoms with Crippen LogP contribution < -0.4 is 10.6 Å². The Labute approximate surface area is 107 Å². The molecule has 100 valence electrons. The van der Waals surface area contributed by atoms with Gasteiger partial charge in [-0.3, -0.25) is 0 Å². The molecular formula is C11H22N2O3S. The van der Waals surface area contributed by atoms with Gasteiger partial charge in [0.25, 0.3) is 0 Å². The molecule has 0 unspecified atom stereocenters. The number of aliphatic carboxylic acids is 1. The van der Waals surface area contributed by atoms with E-state index in [1.165, 1.54) is 13.8 Å². The number of carbonyl (C=O) groups is 2. The highest BCUT2D eigenvalue weighted by Gasteiger charge is 2.28. The first-order valence-corrected chi connectivity index (χ1v) is 7.08. The third-order valence-corrected chi connectivity index (χ3v) is 2.97. The number of unbranched alkanes of at least 4 members (excludes halogenated alkanes) is 2. The van der Waals surface area contributed by atoms with Gasteiger partial charge in [0.1, 0.15) is 5.54 Å². The Balaban J connectivity index is 3.63. The van der Waals surface area contributed by atoms with Crippen LogP contribution in [-0.2, 0) is 4.79 Å². The number of carboxylic acids is 1. The molecule has 0 aromatic rings. The Morgan fingerprint density at radius 3 is 2.41 bits per heavy atom. The smallest absolute Gasteiger partial charge is 0.328 e. The van der Waals surface area contributed by atoms with Crippen molar-refractivity contribution in [3.05, 3.63) is 0 Å². The van der Waals surface area contributed by atoms with Gasteiger partial charge in [-0.05, 0) is 38.7 Å². The minimum Gasteiger partial charge on any atom is -0.480 e. The van der Waals surface area contributed by atoms with Crippen molar-refractivity contribution >= 4 is 23.8 Å². The first-order chi connectivity index (χ1) is 7.90. The number of hydrogen-bond acceptors (Lipinski definition) is 3. The van der Waals surface area contributed by atoms with E-state index >= 15 is 0 Å². The molecule has 0 bridgehead atoms. The lowest BCUT2D eigenvalue weighted by Crippen LogP contribution is -2.53. The highest BCUT2D eigenvalue weighted by atomic mass is 32.2. The molecule has 0 rings (SSSR count). The molecule has 0 aliphatic carbocycles. The summed E-state index contributed by atoms with van der Waals surface area (Å²) in [4.78, 5) is 22.1. The van der Waals surface area contributed by atoms with Gasteiger partial charge in [-0.1, -0.05) is 6.42 Å². The zero-order valence-corrected chi connectivity index (χ0v) is 11.5. The molecule has 0 saturated heterocycles. The lowest BCUT2D eigenvalue weighted by molar-refractivity contribution is -0.142. The Kier molecular flexibility index (Phi) is 7.78. The van der Waals surface area contributed by atoms with E-state index in [0.717, 1.165) is 25.0 Å². The van der Waals surface area contributed by atoms with Gasteiger partial charge in [0.2, 0.25) is 0 Å². The highest BCUT2D eigenvalue weighted by Crippen LogP contribution is 2.02. The van der Waals surface area contributed by atoms with E-state index in [1.807, 2.05) is 11.8 Å². The minimum atomic E-state index is -1.23. The number of hydrogen-bond donors (Lipinski definition) is 3. The zero-order valence-electron chi connectivity index (χ0n) is 10.7. The van der Waals surface area contributed by atoms with Gasteiger partial charge in [0.15, 0.2) is 0 Å². The lowest BCUT2D eigenvalue weighted by Gasteiger charge is -2.21. The van der Waals surface area contributed by atoms with Gasteiger partial charge in [0.05, 0.1) is 0 Å². The SMILES string of the molecule is CSCCCCCNC(=O)NC(C)(C)C(=O)O. The zero-order chi connectivity index (χ0) is 13.3. The molecule has 0 aliphatic rings. The van der Waals surface area contributed by atoms with Crippen LogP contribution in [0.25, 0.3) is 0 Å². The van der Waals surface area contributed by atoms with Gasteiger partial charge in [-0.25, -0.2) is 9.59 Å². The molecule has 0 aromatic heterocycles. The number of amides is 2. The van der Waals surface area contributed by atoms with E-state index in [-0.39, 0.29) is 0 Å². The average Bonchev–Trinajstić information content (AvgIpc) is 2.22. The van der Waals surface area contributed by atoms with Crippen LogP contribution in [0.1, 0.15) is 33.1 Å². The van der Waals surface area contributed by atoms with Gasteiger partial charge in [-0.15, -0.1) is 0 Å². The van der Waals surface area contributed by atoms with Crippen LogP contribution in [0.3, 0.4) is 0 Å². The van der Waals surface area contributed by atoms with Crippen molar-refractivity contribution in [3.8, 4) is 0 Å². The molecule has 5 nitrogen and oxygen atoms in total. The fourth-order valence-electron chi connectivity index (χ4n) is 1.13. The van der Waals surface area contributed by atoms with Gasteiger partial charge >= 0.3 is 12.0 Å². The monoisotopic (exact) mass is 262 g/mol. The summed E-state index contributed by atoms with van der Waals surface area (Å²) in [7, 11) is 0. The maximum atomic E-state index is 11.4. The number of carbonyl (C=O) groups excluding carboxylic acids is 1. The fourth-order valence-corrected chi connectivity index (χ4v) is 1.62. The molecule has 0 fully saturated rings. The molecule has 0 aromatic carbocycles. The molecule has 0 aliphatic heterocycles. The van der Waals surface area contributed by atoms with Crippen molar-refractivity contribution in [2.75, 3.05) is 18.6 Å². The standard InChI is InChI=1S/C11H22N2O3S/c1-11(2,9(14)15)13-10(16)12-7-5-4-6-8-17-3/h4-8H2,1-3H3,(H,14,15)(H2,12,13,16). The van der Waals surface area contributed by atoms with Crippen molar-refractivity contribution in [3.63, 3.8) is 0 Å². The molecule has 2 amide bonds. The number of rotatable bonds is 8. The summed E-state index contributed by atoms with van der Waals surface area (Å²) in [6.07, 6.45) is 5.20. The predicted molar refractivity (Wildman–Crippen MR) is 70.5 cm³/mol. The first-order valence-electron chi connectivity index (χ1n) is 5.68. The van der Waals surface area contributed by atoms with Crippen molar-refractivity contribution in [1.29, 1.82) is 0 Å². The summed E-state index contributed by atoms with van der Waals surface area (Å²) in [6.45, 7) is 3.48. The first kappa shape index (κ1) is 16.1. The Bertz CT molecular complexity index is 257. The van der Waals surface area contributed by atoms with Crippen LogP contribution >= 0.6 is 11.8 Å². The number of thioether (sulfide) groups is 1. The fraction of sp³-hybridized carbons (Fsp3) is 0.818. The highest BCUT2D eigenvalue weighted by molar-refractivity contribution is 7.98. The summed E-state index contributed by atoms with van der Waals surface area (Å²) in [5.74, 6) is 0.0886. The van der Waals surface area contributed by atoms with E-state index in [2.05, 4.69) is 16.9 Å². The summed E-state index contributed by atoms with van der Waals surface area (Å²) in [5.41, 5.74) is -1.23.